The lowest BCUT2D eigenvalue weighted by Gasteiger charge is -2.23. The fourth-order valence-corrected chi connectivity index (χ4v) is 2.59. The highest BCUT2D eigenvalue weighted by Gasteiger charge is 2.17. The van der Waals surface area contributed by atoms with Crippen molar-refractivity contribution in [1.82, 2.24) is 14.7 Å². The molecule has 2 heterocycles. The fourth-order valence-electron chi connectivity index (χ4n) is 2.59. The topological polar surface area (TPSA) is 80.0 Å². The molecule has 19 heavy (non-hydrogen) atoms. The van der Waals surface area contributed by atoms with Crippen molar-refractivity contribution in [2.24, 2.45) is 0 Å². The number of aromatic nitrogens is 3. The van der Waals surface area contributed by atoms with Crippen LogP contribution in [0.4, 0.5) is 5.82 Å². The van der Waals surface area contributed by atoms with Crippen LogP contribution in [0.1, 0.15) is 32.1 Å². The van der Waals surface area contributed by atoms with E-state index in [0.717, 1.165) is 12.8 Å². The first kappa shape index (κ1) is 12.0. The largest absolute Gasteiger partial charge is 0.422 e. The van der Waals surface area contributed by atoms with Gasteiger partial charge in [-0.1, -0.05) is 19.3 Å². The molecule has 6 nitrogen and oxygen atoms in total. The molecule has 0 amide bonds. The molecule has 2 aromatic heterocycles. The Bertz CT molecular complexity index is 647. The van der Waals surface area contributed by atoms with Crippen molar-refractivity contribution in [3.8, 4) is 0 Å². The molecule has 6 heteroatoms. The van der Waals surface area contributed by atoms with Crippen LogP contribution in [0.3, 0.4) is 0 Å². The summed E-state index contributed by atoms with van der Waals surface area (Å²) in [6, 6.07) is 3.91. The van der Waals surface area contributed by atoms with Crippen LogP contribution in [0, 0.1) is 0 Å². The first-order valence-corrected chi connectivity index (χ1v) is 6.59. The third-order valence-electron chi connectivity index (χ3n) is 3.58. The lowest BCUT2D eigenvalue weighted by Crippen LogP contribution is -2.28. The quantitative estimate of drug-likeness (QED) is 0.804. The van der Waals surface area contributed by atoms with Crippen molar-refractivity contribution in [1.29, 1.82) is 0 Å². The Labute approximate surface area is 110 Å². The molecule has 100 valence electrons. The zero-order chi connectivity index (χ0) is 13.2. The number of anilines is 1. The molecular formula is C13H16N4O2. The first-order valence-electron chi connectivity index (χ1n) is 6.59. The average molecular weight is 260 g/mol. The molecular weight excluding hydrogens is 244 g/mol. The van der Waals surface area contributed by atoms with E-state index in [1.807, 2.05) is 0 Å². The summed E-state index contributed by atoms with van der Waals surface area (Å²) < 4.78 is 0.487. The molecule has 0 spiro atoms. The van der Waals surface area contributed by atoms with Crippen LogP contribution in [-0.4, -0.2) is 25.9 Å². The lowest BCUT2D eigenvalue weighted by atomic mass is 9.95. The maximum absolute atomic E-state index is 11.6. The third-order valence-corrected chi connectivity index (χ3v) is 3.58. The van der Waals surface area contributed by atoms with Gasteiger partial charge in [-0.2, -0.15) is 4.98 Å². The molecule has 0 radical (unpaired) electrons. The minimum atomic E-state index is -0.704. The minimum absolute atomic E-state index is 0.237. The van der Waals surface area contributed by atoms with E-state index in [-0.39, 0.29) is 5.65 Å². The van der Waals surface area contributed by atoms with E-state index in [2.05, 4.69) is 15.3 Å². The molecule has 2 aromatic rings. The van der Waals surface area contributed by atoms with Gasteiger partial charge in [0.1, 0.15) is 5.82 Å². The van der Waals surface area contributed by atoms with Gasteiger partial charge >= 0.3 is 5.69 Å². The standard InChI is InChI=1S/C13H16N4O2/c18-13-16-11(15-9-5-2-1-3-6-9)10-7-4-8-14-12(10)17(13)19/h4,7-9,19H,1-3,5-6H2,(H,15,16,18). The summed E-state index contributed by atoms with van der Waals surface area (Å²) in [7, 11) is 0. The predicted octanol–water partition coefficient (Wildman–Crippen LogP) is 1.77. The van der Waals surface area contributed by atoms with Crippen LogP contribution in [0.15, 0.2) is 23.1 Å². The number of hydrogen-bond acceptors (Lipinski definition) is 5. The van der Waals surface area contributed by atoms with Crippen molar-refractivity contribution in [3.63, 3.8) is 0 Å². The second-order valence-corrected chi connectivity index (χ2v) is 4.91. The molecule has 0 atom stereocenters. The SMILES string of the molecule is O=c1nc(NC2CCCCC2)c2cccnc2n1O. The van der Waals surface area contributed by atoms with Gasteiger partial charge in [0.15, 0.2) is 5.65 Å². The molecule has 1 saturated carbocycles. The summed E-state index contributed by atoms with van der Waals surface area (Å²) in [6.45, 7) is 0. The summed E-state index contributed by atoms with van der Waals surface area (Å²) in [5.74, 6) is 0.519. The minimum Gasteiger partial charge on any atom is -0.422 e. The monoisotopic (exact) mass is 260 g/mol. The Kier molecular flexibility index (Phi) is 3.06. The van der Waals surface area contributed by atoms with Gasteiger partial charge in [-0.3, -0.25) is 0 Å². The molecule has 1 aliphatic carbocycles. The zero-order valence-corrected chi connectivity index (χ0v) is 10.5. The Morgan fingerprint density at radius 1 is 1.32 bits per heavy atom. The number of fused-ring (bicyclic) bond motifs is 1. The summed E-state index contributed by atoms with van der Waals surface area (Å²) in [5, 5.41) is 13.6. The van der Waals surface area contributed by atoms with Crippen molar-refractivity contribution < 1.29 is 5.21 Å². The van der Waals surface area contributed by atoms with E-state index in [9.17, 15) is 10.0 Å². The van der Waals surface area contributed by atoms with Crippen molar-refractivity contribution in [2.75, 3.05) is 5.32 Å². The van der Waals surface area contributed by atoms with E-state index in [0.29, 0.717) is 22.0 Å². The highest BCUT2D eigenvalue weighted by atomic mass is 16.5. The van der Waals surface area contributed by atoms with Gasteiger partial charge in [0.2, 0.25) is 0 Å². The average Bonchev–Trinajstić information content (AvgIpc) is 2.46. The Morgan fingerprint density at radius 2 is 2.11 bits per heavy atom. The van der Waals surface area contributed by atoms with E-state index in [4.69, 9.17) is 0 Å². The Hall–Kier alpha value is -2.11. The van der Waals surface area contributed by atoms with Crippen molar-refractivity contribution >= 4 is 16.9 Å². The van der Waals surface area contributed by atoms with Crippen LogP contribution >= 0.6 is 0 Å². The van der Waals surface area contributed by atoms with E-state index >= 15 is 0 Å². The molecule has 3 rings (SSSR count). The van der Waals surface area contributed by atoms with Gasteiger partial charge in [0.25, 0.3) is 0 Å². The van der Waals surface area contributed by atoms with Crippen LogP contribution < -0.4 is 11.0 Å². The zero-order valence-electron chi connectivity index (χ0n) is 10.5. The van der Waals surface area contributed by atoms with E-state index < -0.39 is 5.69 Å². The fraction of sp³-hybridized carbons (Fsp3) is 0.462. The van der Waals surface area contributed by atoms with E-state index in [1.165, 1.54) is 19.3 Å². The number of pyridine rings is 1. The summed E-state index contributed by atoms with van der Waals surface area (Å²) in [6.07, 6.45) is 7.39. The van der Waals surface area contributed by atoms with Gasteiger partial charge in [0.05, 0.1) is 5.39 Å². The van der Waals surface area contributed by atoms with Gasteiger partial charge in [-0.15, -0.1) is 4.73 Å². The van der Waals surface area contributed by atoms with Crippen LogP contribution in [-0.2, 0) is 0 Å². The highest BCUT2D eigenvalue weighted by Crippen LogP contribution is 2.23. The molecule has 0 saturated heterocycles. The second-order valence-electron chi connectivity index (χ2n) is 4.91. The third kappa shape index (κ3) is 2.25. The molecule has 1 aliphatic rings. The van der Waals surface area contributed by atoms with Crippen LogP contribution in [0.5, 0.6) is 0 Å². The van der Waals surface area contributed by atoms with Gasteiger partial charge in [-0.25, -0.2) is 9.78 Å². The maximum Gasteiger partial charge on any atom is 0.384 e. The van der Waals surface area contributed by atoms with Gasteiger partial charge in [-0.05, 0) is 25.0 Å². The summed E-state index contributed by atoms with van der Waals surface area (Å²) >= 11 is 0. The predicted molar refractivity (Wildman–Crippen MR) is 71.5 cm³/mol. The van der Waals surface area contributed by atoms with Gasteiger partial charge < -0.3 is 10.5 Å². The van der Waals surface area contributed by atoms with Crippen LogP contribution in [0.25, 0.3) is 11.0 Å². The number of rotatable bonds is 2. The molecule has 0 bridgehead atoms. The Balaban J connectivity index is 2.03. The summed E-state index contributed by atoms with van der Waals surface area (Å²) in [4.78, 5) is 19.5. The number of nitrogens with zero attached hydrogens (tertiary/aromatic N) is 3. The number of hydrogen-bond donors (Lipinski definition) is 2. The normalized spacial score (nSPS) is 16.6. The molecule has 0 unspecified atom stereocenters. The second kappa shape index (κ2) is 4.87. The number of nitrogens with one attached hydrogen (secondary N) is 1. The lowest BCUT2D eigenvalue weighted by molar-refractivity contribution is 0.182. The summed E-state index contributed by atoms with van der Waals surface area (Å²) in [5.41, 5.74) is -0.467. The highest BCUT2D eigenvalue weighted by molar-refractivity contribution is 5.86. The molecule has 0 aliphatic heterocycles. The Morgan fingerprint density at radius 3 is 2.89 bits per heavy atom. The van der Waals surface area contributed by atoms with Crippen molar-refractivity contribution in [2.45, 2.75) is 38.1 Å². The molecule has 2 N–H and O–H groups in total. The molecule has 0 aromatic carbocycles. The van der Waals surface area contributed by atoms with E-state index in [1.54, 1.807) is 18.3 Å². The van der Waals surface area contributed by atoms with Crippen LogP contribution in [0.2, 0.25) is 0 Å². The molecule has 1 fully saturated rings. The first-order chi connectivity index (χ1) is 9.25. The van der Waals surface area contributed by atoms with Gasteiger partial charge in [0, 0.05) is 12.2 Å². The maximum atomic E-state index is 11.6. The van der Waals surface area contributed by atoms with Crippen molar-refractivity contribution in [3.05, 3.63) is 28.8 Å². The smallest absolute Gasteiger partial charge is 0.384 e.